The molecule has 6 heteroatoms. The first-order chi connectivity index (χ1) is 12.7. The zero-order valence-corrected chi connectivity index (χ0v) is 17.2. The number of morpholine rings is 1. The molecule has 1 saturated carbocycles. The molecule has 0 aromatic heterocycles. The van der Waals surface area contributed by atoms with Gasteiger partial charge in [0.05, 0.1) is 13.2 Å². The van der Waals surface area contributed by atoms with Crippen molar-refractivity contribution in [3.63, 3.8) is 0 Å². The van der Waals surface area contributed by atoms with Crippen molar-refractivity contribution in [3.05, 3.63) is 34.3 Å². The topological polar surface area (TPSA) is 40.1 Å². The Morgan fingerprint density at radius 2 is 2.12 bits per heavy atom. The molecule has 1 N–H and O–H groups in total. The maximum absolute atomic E-state index is 5.49. The van der Waals surface area contributed by atoms with Gasteiger partial charge in [0.1, 0.15) is 0 Å². The van der Waals surface area contributed by atoms with Crippen molar-refractivity contribution in [3.8, 4) is 0 Å². The molecule has 4 rings (SSSR count). The molecule has 142 valence electrons. The Balaban J connectivity index is 1.34. The van der Waals surface area contributed by atoms with Gasteiger partial charge in [-0.3, -0.25) is 9.89 Å². The molecule has 3 fully saturated rings. The first-order valence-electron chi connectivity index (χ1n) is 9.74. The predicted octanol–water partition coefficient (Wildman–Crippen LogP) is 2.46. The Kier molecular flexibility index (Phi) is 5.53. The number of benzene rings is 1. The van der Waals surface area contributed by atoms with Gasteiger partial charge in [-0.1, -0.05) is 28.1 Å². The Bertz CT molecular complexity index is 655. The minimum atomic E-state index is 0.281. The number of hydrogen-bond donors (Lipinski definition) is 1. The predicted molar refractivity (Wildman–Crippen MR) is 109 cm³/mol. The van der Waals surface area contributed by atoms with Crippen LogP contribution >= 0.6 is 15.9 Å². The summed E-state index contributed by atoms with van der Waals surface area (Å²) < 4.78 is 6.66. The quantitative estimate of drug-likeness (QED) is 0.599. The monoisotopic (exact) mass is 420 g/mol. The first-order valence-corrected chi connectivity index (χ1v) is 10.5. The van der Waals surface area contributed by atoms with Gasteiger partial charge in [-0.05, 0) is 37.0 Å². The second kappa shape index (κ2) is 7.87. The van der Waals surface area contributed by atoms with Gasteiger partial charge in [0.2, 0.25) is 0 Å². The van der Waals surface area contributed by atoms with Gasteiger partial charge in [0.25, 0.3) is 0 Å². The number of halogens is 1. The minimum Gasteiger partial charge on any atom is -0.379 e. The van der Waals surface area contributed by atoms with E-state index in [2.05, 4.69) is 60.3 Å². The van der Waals surface area contributed by atoms with Crippen LogP contribution in [0.5, 0.6) is 0 Å². The van der Waals surface area contributed by atoms with E-state index in [1.54, 1.807) is 0 Å². The van der Waals surface area contributed by atoms with Gasteiger partial charge in [-0.2, -0.15) is 0 Å². The molecule has 1 aromatic carbocycles. The van der Waals surface area contributed by atoms with Crippen molar-refractivity contribution >= 4 is 21.9 Å². The molecule has 1 aliphatic carbocycles. The highest BCUT2D eigenvalue weighted by Gasteiger charge is 2.44. The molecule has 26 heavy (non-hydrogen) atoms. The van der Waals surface area contributed by atoms with Crippen LogP contribution in [0.4, 0.5) is 0 Å². The summed E-state index contributed by atoms with van der Waals surface area (Å²) in [4.78, 5) is 9.58. The molecular weight excluding hydrogens is 392 g/mol. The smallest absolute Gasteiger partial charge is 0.193 e. The molecule has 0 radical (unpaired) electrons. The molecule has 0 amide bonds. The second-order valence-electron chi connectivity index (χ2n) is 7.73. The molecule has 0 spiro atoms. The number of rotatable bonds is 4. The van der Waals surface area contributed by atoms with Crippen LogP contribution in [0.15, 0.2) is 33.7 Å². The number of guanidine groups is 1. The van der Waals surface area contributed by atoms with Crippen LogP contribution in [0.25, 0.3) is 0 Å². The van der Waals surface area contributed by atoms with E-state index in [0.717, 1.165) is 51.9 Å². The van der Waals surface area contributed by atoms with Crippen LogP contribution in [0, 0.1) is 0 Å². The van der Waals surface area contributed by atoms with E-state index in [9.17, 15) is 0 Å². The van der Waals surface area contributed by atoms with E-state index >= 15 is 0 Å². The Labute approximate surface area is 164 Å². The molecule has 2 saturated heterocycles. The average Bonchev–Trinajstić information content (AvgIpc) is 3.31. The van der Waals surface area contributed by atoms with E-state index in [1.807, 2.05) is 7.05 Å². The van der Waals surface area contributed by atoms with Gasteiger partial charge >= 0.3 is 0 Å². The van der Waals surface area contributed by atoms with Gasteiger partial charge < -0.3 is 15.0 Å². The zero-order chi connectivity index (χ0) is 18.0. The molecule has 1 atom stereocenters. The third-order valence-corrected chi connectivity index (χ3v) is 6.61. The fourth-order valence-electron chi connectivity index (χ4n) is 4.29. The summed E-state index contributed by atoms with van der Waals surface area (Å²) in [5.41, 5.74) is 1.71. The minimum absolute atomic E-state index is 0.281. The summed E-state index contributed by atoms with van der Waals surface area (Å²) in [7, 11) is 1.91. The van der Waals surface area contributed by atoms with Crippen molar-refractivity contribution in [2.24, 2.45) is 4.99 Å². The van der Waals surface area contributed by atoms with Gasteiger partial charge in [0.15, 0.2) is 5.96 Å². The van der Waals surface area contributed by atoms with Crippen LogP contribution < -0.4 is 5.32 Å². The van der Waals surface area contributed by atoms with Crippen LogP contribution in [-0.2, 0) is 10.2 Å². The van der Waals surface area contributed by atoms with Crippen LogP contribution in [0.1, 0.15) is 24.8 Å². The lowest BCUT2D eigenvalue weighted by Crippen LogP contribution is -2.47. The van der Waals surface area contributed by atoms with E-state index in [1.165, 1.54) is 29.3 Å². The molecule has 5 nitrogen and oxygen atoms in total. The Morgan fingerprint density at radius 3 is 2.81 bits per heavy atom. The Hall–Kier alpha value is -1.11. The molecule has 2 aliphatic heterocycles. The fraction of sp³-hybridized carbons (Fsp3) is 0.650. The summed E-state index contributed by atoms with van der Waals surface area (Å²) >= 11 is 3.61. The number of nitrogens with one attached hydrogen (secondary N) is 1. The molecule has 0 bridgehead atoms. The van der Waals surface area contributed by atoms with Crippen molar-refractivity contribution in [1.82, 2.24) is 15.1 Å². The number of aliphatic imine (C=N–C) groups is 1. The van der Waals surface area contributed by atoms with E-state index in [-0.39, 0.29) is 5.41 Å². The first kappa shape index (κ1) is 18.3. The van der Waals surface area contributed by atoms with Gasteiger partial charge in [-0.15, -0.1) is 0 Å². The van der Waals surface area contributed by atoms with Crippen molar-refractivity contribution in [2.45, 2.75) is 30.7 Å². The zero-order valence-electron chi connectivity index (χ0n) is 15.6. The molecular formula is C20H29BrN4O. The fourth-order valence-corrected chi connectivity index (χ4v) is 4.69. The lowest BCUT2D eigenvalue weighted by Gasteiger charge is -2.32. The summed E-state index contributed by atoms with van der Waals surface area (Å²) in [6.07, 6.45) is 3.73. The number of likely N-dealkylation sites (tertiary alicyclic amines) is 1. The third kappa shape index (κ3) is 3.92. The van der Waals surface area contributed by atoms with Gasteiger partial charge in [0, 0.05) is 55.7 Å². The number of hydrogen-bond acceptors (Lipinski definition) is 3. The summed E-state index contributed by atoms with van der Waals surface area (Å²) in [6.45, 7) is 7.01. The lowest BCUT2D eigenvalue weighted by atomic mass is 9.96. The SMILES string of the molecule is CN=C(NCC1(c2cccc(Br)c2)CC1)N1CCC(N2CCOCC2)C1. The number of nitrogens with zero attached hydrogens (tertiary/aromatic N) is 3. The Morgan fingerprint density at radius 1 is 1.31 bits per heavy atom. The summed E-state index contributed by atoms with van der Waals surface area (Å²) in [5.74, 6) is 1.06. The molecule has 1 aromatic rings. The molecule has 3 aliphatic rings. The van der Waals surface area contributed by atoms with Crippen molar-refractivity contribution in [2.75, 3.05) is 53.0 Å². The van der Waals surface area contributed by atoms with Crippen molar-refractivity contribution in [1.29, 1.82) is 0 Å². The normalized spacial score (nSPS) is 26.2. The number of ether oxygens (including phenoxy) is 1. The lowest BCUT2D eigenvalue weighted by molar-refractivity contribution is 0.0195. The van der Waals surface area contributed by atoms with E-state index < -0.39 is 0 Å². The molecule has 2 heterocycles. The summed E-state index contributed by atoms with van der Waals surface area (Å²) in [6, 6.07) is 9.40. The highest BCUT2D eigenvalue weighted by Crippen LogP contribution is 2.48. The highest BCUT2D eigenvalue weighted by atomic mass is 79.9. The van der Waals surface area contributed by atoms with Crippen LogP contribution in [0.3, 0.4) is 0 Å². The van der Waals surface area contributed by atoms with Crippen molar-refractivity contribution < 1.29 is 4.74 Å². The highest BCUT2D eigenvalue weighted by molar-refractivity contribution is 9.10. The van der Waals surface area contributed by atoms with Crippen LogP contribution in [0.2, 0.25) is 0 Å². The maximum Gasteiger partial charge on any atom is 0.193 e. The van der Waals surface area contributed by atoms with E-state index in [0.29, 0.717) is 6.04 Å². The third-order valence-electron chi connectivity index (χ3n) is 6.11. The van der Waals surface area contributed by atoms with Crippen LogP contribution in [-0.4, -0.2) is 74.8 Å². The molecule has 1 unspecified atom stereocenters. The maximum atomic E-state index is 5.49. The van der Waals surface area contributed by atoms with E-state index in [4.69, 9.17) is 4.74 Å². The van der Waals surface area contributed by atoms with Gasteiger partial charge in [-0.25, -0.2) is 0 Å². The summed E-state index contributed by atoms with van der Waals surface area (Å²) in [5, 5.41) is 3.67. The second-order valence-corrected chi connectivity index (χ2v) is 8.64. The largest absolute Gasteiger partial charge is 0.379 e. The average molecular weight is 421 g/mol. The standard InChI is InChI=1S/C20H29BrN4O/c1-22-19(25-8-5-18(14-25)24-9-11-26-12-10-24)23-15-20(6-7-20)16-3-2-4-17(21)13-16/h2-4,13,18H,5-12,14-15H2,1H3,(H,22,23).